The number of H-pyrrole nitrogens is 1. The summed E-state index contributed by atoms with van der Waals surface area (Å²) in [7, 11) is 0. The van der Waals surface area contributed by atoms with Crippen LogP contribution < -0.4 is 0 Å². The summed E-state index contributed by atoms with van der Waals surface area (Å²) in [6.45, 7) is 2.21. The molecule has 124 valence electrons. The first kappa shape index (κ1) is 15.9. The van der Waals surface area contributed by atoms with E-state index in [1.165, 1.54) is 11.1 Å². The molecular weight excluding hydrogens is 324 g/mol. The zero-order chi connectivity index (χ0) is 17.3. The molecule has 0 aliphatic heterocycles. The van der Waals surface area contributed by atoms with Crippen molar-refractivity contribution in [1.29, 1.82) is 0 Å². The Morgan fingerprint density at radius 2 is 1.60 bits per heavy atom. The van der Waals surface area contributed by atoms with Gasteiger partial charge in [-0.1, -0.05) is 78.9 Å². The van der Waals surface area contributed by atoms with Crippen LogP contribution in [0.1, 0.15) is 13.3 Å². The fourth-order valence-corrected chi connectivity index (χ4v) is 3.66. The van der Waals surface area contributed by atoms with E-state index in [9.17, 15) is 0 Å². The predicted molar refractivity (Wildman–Crippen MR) is 107 cm³/mol. The molecule has 1 unspecified atom stereocenters. The quantitative estimate of drug-likeness (QED) is 0.568. The van der Waals surface area contributed by atoms with Gasteiger partial charge in [0, 0.05) is 6.20 Å². The molecule has 3 aromatic rings. The number of rotatable bonds is 3. The summed E-state index contributed by atoms with van der Waals surface area (Å²) >= 11 is 5.58. The smallest absolute Gasteiger partial charge is 0.178 e. The fourth-order valence-electron chi connectivity index (χ4n) is 3.29. The number of hydrogen-bond acceptors (Lipinski definition) is 1. The van der Waals surface area contributed by atoms with Crippen LogP contribution in [0.2, 0.25) is 0 Å². The maximum absolute atomic E-state index is 5.58. The van der Waals surface area contributed by atoms with E-state index in [1.54, 1.807) is 0 Å². The van der Waals surface area contributed by atoms with E-state index in [2.05, 4.69) is 95.5 Å². The molecule has 1 aromatic heterocycles. The molecule has 2 nitrogen and oxygen atoms in total. The van der Waals surface area contributed by atoms with Crippen molar-refractivity contribution < 1.29 is 0 Å². The molecular formula is C22H20N2S. The van der Waals surface area contributed by atoms with Crippen molar-refractivity contribution in [3.63, 3.8) is 0 Å². The van der Waals surface area contributed by atoms with Crippen molar-refractivity contribution in [3.8, 4) is 22.4 Å². The minimum absolute atomic E-state index is 0.107. The molecule has 1 N–H and O–H groups in total. The van der Waals surface area contributed by atoms with Crippen molar-refractivity contribution in [2.75, 3.05) is 0 Å². The van der Waals surface area contributed by atoms with Gasteiger partial charge >= 0.3 is 0 Å². The molecule has 0 fully saturated rings. The van der Waals surface area contributed by atoms with Crippen LogP contribution in [0.4, 0.5) is 0 Å². The first-order valence-corrected chi connectivity index (χ1v) is 8.89. The van der Waals surface area contributed by atoms with E-state index >= 15 is 0 Å². The van der Waals surface area contributed by atoms with E-state index in [1.807, 2.05) is 6.07 Å². The Bertz CT molecular complexity index is 991. The lowest BCUT2D eigenvalue weighted by Crippen LogP contribution is -2.27. The first-order chi connectivity index (χ1) is 12.2. The van der Waals surface area contributed by atoms with E-state index in [-0.39, 0.29) is 5.54 Å². The van der Waals surface area contributed by atoms with Gasteiger partial charge in [0.2, 0.25) is 0 Å². The number of nitrogens with zero attached hydrogens (tertiary/aromatic N) is 1. The van der Waals surface area contributed by atoms with Gasteiger partial charge in [-0.05, 0) is 42.3 Å². The van der Waals surface area contributed by atoms with Gasteiger partial charge in [-0.25, -0.2) is 0 Å². The summed E-state index contributed by atoms with van der Waals surface area (Å²) in [6, 6.07) is 19.0. The minimum Gasteiger partial charge on any atom is -0.331 e. The summed E-state index contributed by atoms with van der Waals surface area (Å²) in [5, 5.41) is 0. The molecule has 1 aliphatic rings. The second-order valence-corrected chi connectivity index (χ2v) is 7.02. The largest absolute Gasteiger partial charge is 0.331 e. The molecule has 1 atom stereocenters. The van der Waals surface area contributed by atoms with Gasteiger partial charge in [0.05, 0.1) is 11.2 Å². The maximum Gasteiger partial charge on any atom is 0.178 e. The van der Waals surface area contributed by atoms with Crippen LogP contribution in [0.3, 0.4) is 0 Å². The van der Waals surface area contributed by atoms with Gasteiger partial charge < -0.3 is 9.55 Å². The van der Waals surface area contributed by atoms with Crippen LogP contribution in [0, 0.1) is 4.77 Å². The molecule has 2 aromatic carbocycles. The van der Waals surface area contributed by atoms with Gasteiger partial charge in [0.15, 0.2) is 4.77 Å². The van der Waals surface area contributed by atoms with Gasteiger partial charge in [-0.15, -0.1) is 0 Å². The standard InChI is InChI=1S/C22H20N2S/c1-22(14-6-3-7-15-22)24-16-20(23-21(24)25)19-12-10-18(11-13-19)17-8-4-2-5-9-17/h2-14,16H,15H2,1H3,(H,23,25). The molecule has 0 saturated carbocycles. The van der Waals surface area contributed by atoms with Crippen LogP contribution >= 0.6 is 12.2 Å². The lowest BCUT2D eigenvalue weighted by molar-refractivity contribution is 0.406. The highest BCUT2D eigenvalue weighted by molar-refractivity contribution is 7.71. The third-order valence-electron chi connectivity index (χ3n) is 4.81. The number of imidazole rings is 1. The summed E-state index contributed by atoms with van der Waals surface area (Å²) in [6.07, 6.45) is 11.6. The van der Waals surface area contributed by atoms with Crippen LogP contribution in [0.5, 0.6) is 0 Å². The normalized spacial score (nSPS) is 19.2. The van der Waals surface area contributed by atoms with Crippen molar-refractivity contribution in [1.82, 2.24) is 9.55 Å². The number of allylic oxidation sites excluding steroid dienone is 4. The van der Waals surface area contributed by atoms with Gasteiger partial charge in [0.25, 0.3) is 0 Å². The maximum atomic E-state index is 5.58. The highest BCUT2D eigenvalue weighted by atomic mass is 32.1. The number of benzene rings is 2. The van der Waals surface area contributed by atoms with E-state index < -0.39 is 0 Å². The van der Waals surface area contributed by atoms with Crippen molar-refractivity contribution in [3.05, 3.63) is 89.9 Å². The molecule has 1 aliphatic carbocycles. The lowest BCUT2D eigenvalue weighted by Gasteiger charge is -2.28. The topological polar surface area (TPSA) is 20.7 Å². The molecule has 0 radical (unpaired) electrons. The molecule has 4 rings (SSSR count). The van der Waals surface area contributed by atoms with E-state index in [0.717, 1.165) is 22.4 Å². The average molecular weight is 344 g/mol. The summed E-state index contributed by atoms with van der Waals surface area (Å²) in [4.78, 5) is 3.36. The number of hydrogen-bond donors (Lipinski definition) is 1. The number of aromatic nitrogens is 2. The molecule has 0 bridgehead atoms. The monoisotopic (exact) mass is 344 g/mol. The third-order valence-corrected chi connectivity index (χ3v) is 5.10. The van der Waals surface area contributed by atoms with Crippen LogP contribution in [-0.2, 0) is 5.54 Å². The highest BCUT2D eigenvalue weighted by Crippen LogP contribution is 2.30. The third kappa shape index (κ3) is 3.03. The number of aromatic amines is 1. The summed E-state index contributed by atoms with van der Waals surface area (Å²) in [5.41, 5.74) is 4.53. The molecule has 0 amide bonds. The molecule has 0 saturated heterocycles. The van der Waals surface area contributed by atoms with Gasteiger partial charge in [0.1, 0.15) is 0 Å². The Morgan fingerprint density at radius 3 is 2.28 bits per heavy atom. The Kier molecular flexibility index (Phi) is 4.02. The zero-order valence-electron chi connectivity index (χ0n) is 14.1. The molecule has 1 heterocycles. The Labute approximate surface area is 153 Å². The zero-order valence-corrected chi connectivity index (χ0v) is 15.0. The van der Waals surface area contributed by atoms with E-state index in [0.29, 0.717) is 0 Å². The second kappa shape index (κ2) is 6.34. The summed E-state index contributed by atoms with van der Waals surface area (Å²) in [5.74, 6) is 0. The minimum atomic E-state index is -0.107. The Balaban J connectivity index is 1.67. The molecule has 0 spiro atoms. The fraction of sp³-hybridized carbons (Fsp3) is 0.136. The Hall–Kier alpha value is -2.65. The second-order valence-electron chi connectivity index (χ2n) is 6.63. The molecule has 3 heteroatoms. The van der Waals surface area contributed by atoms with Crippen LogP contribution in [-0.4, -0.2) is 9.55 Å². The van der Waals surface area contributed by atoms with Crippen molar-refractivity contribution in [2.45, 2.75) is 18.9 Å². The average Bonchev–Trinajstić information content (AvgIpc) is 3.06. The Morgan fingerprint density at radius 1 is 0.920 bits per heavy atom. The van der Waals surface area contributed by atoms with Gasteiger partial charge in [-0.2, -0.15) is 0 Å². The molecule has 25 heavy (non-hydrogen) atoms. The summed E-state index contributed by atoms with van der Waals surface area (Å²) < 4.78 is 2.91. The van der Waals surface area contributed by atoms with Crippen molar-refractivity contribution >= 4 is 12.2 Å². The first-order valence-electron chi connectivity index (χ1n) is 8.48. The van der Waals surface area contributed by atoms with Crippen LogP contribution in [0.25, 0.3) is 22.4 Å². The van der Waals surface area contributed by atoms with Crippen molar-refractivity contribution in [2.24, 2.45) is 0 Å². The number of nitrogens with one attached hydrogen (secondary N) is 1. The highest BCUT2D eigenvalue weighted by Gasteiger charge is 2.24. The van der Waals surface area contributed by atoms with Gasteiger partial charge in [-0.3, -0.25) is 0 Å². The lowest BCUT2D eigenvalue weighted by atomic mass is 9.93. The SMILES string of the molecule is CC1(n2cc(-c3ccc(-c4ccccc4)cc3)[nH]c2=S)C=CC=CC1. The van der Waals surface area contributed by atoms with E-state index in [4.69, 9.17) is 12.2 Å². The predicted octanol–water partition coefficient (Wildman–Crippen LogP) is 6.11. The van der Waals surface area contributed by atoms with Crippen LogP contribution in [0.15, 0.2) is 85.1 Å².